The van der Waals surface area contributed by atoms with Crippen LogP contribution in [-0.4, -0.2) is 4.57 Å². The van der Waals surface area contributed by atoms with Gasteiger partial charge in [-0.15, -0.1) is 0 Å². The third kappa shape index (κ3) is 3.96. The predicted molar refractivity (Wildman–Crippen MR) is 215 cm³/mol. The molecule has 3 aliphatic rings. The minimum atomic E-state index is 0.906. The zero-order valence-corrected chi connectivity index (χ0v) is 28.6. The second kappa shape index (κ2) is 10.6. The van der Waals surface area contributed by atoms with Gasteiger partial charge in [0.2, 0.25) is 0 Å². The lowest BCUT2D eigenvalue weighted by molar-refractivity contribution is 0.596. The van der Waals surface area contributed by atoms with Gasteiger partial charge in [-0.1, -0.05) is 85.0 Å². The van der Waals surface area contributed by atoms with Crippen LogP contribution in [0.2, 0.25) is 0 Å². The summed E-state index contributed by atoms with van der Waals surface area (Å²) in [6.07, 6.45) is 14.4. The molecular formula is C49H33NO2. The van der Waals surface area contributed by atoms with E-state index in [4.69, 9.17) is 8.83 Å². The van der Waals surface area contributed by atoms with Crippen molar-refractivity contribution in [3.8, 4) is 27.9 Å². The highest BCUT2D eigenvalue weighted by Gasteiger charge is 2.25. The molecule has 6 aromatic carbocycles. The summed E-state index contributed by atoms with van der Waals surface area (Å²) in [7, 11) is 0. The van der Waals surface area contributed by atoms with E-state index in [0.717, 1.165) is 82.2 Å². The molecule has 3 heteroatoms. The summed E-state index contributed by atoms with van der Waals surface area (Å²) in [5.74, 6) is 1.00. The van der Waals surface area contributed by atoms with E-state index >= 15 is 0 Å². The second-order valence-electron chi connectivity index (χ2n) is 14.6. The van der Waals surface area contributed by atoms with Gasteiger partial charge in [0.15, 0.2) is 0 Å². The van der Waals surface area contributed by atoms with Crippen LogP contribution in [0.15, 0.2) is 148 Å². The van der Waals surface area contributed by atoms with Gasteiger partial charge >= 0.3 is 0 Å². The lowest BCUT2D eigenvalue weighted by atomic mass is 9.93. The van der Waals surface area contributed by atoms with E-state index in [2.05, 4.69) is 132 Å². The molecular weight excluding hydrogens is 635 g/mol. The molecule has 9 aromatic rings. The van der Waals surface area contributed by atoms with Crippen molar-refractivity contribution >= 4 is 66.4 Å². The first kappa shape index (κ1) is 28.4. The summed E-state index contributed by atoms with van der Waals surface area (Å²) in [5, 5.41) is 5.97. The topological polar surface area (TPSA) is 31.2 Å². The van der Waals surface area contributed by atoms with Crippen molar-refractivity contribution in [3.63, 3.8) is 0 Å². The number of hydrogen-bond donors (Lipinski definition) is 0. The van der Waals surface area contributed by atoms with E-state index in [-0.39, 0.29) is 0 Å². The third-order valence-corrected chi connectivity index (χ3v) is 11.8. The number of aryl methyl sites for hydroxylation is 1. The first-order valence-electron chi connectivity index (χ1n) is 18.5. The lowest BCUT2D eigenvalue weighted by Gasteiger charge is -2.12. The number of fused-ring (bicyclic) bond motifs is 11. The van der Waals surface area contributed by atoms with E-state index in [1.165, 1.54) is 66.2 Å². The maximum atomic E-state index is 6.57. The highest BCUT2D eigenvalue weighted by molar-refractivity contribution is 6.13. The molecule has 3 nitrogen and oxygen atoms in total. The summed E-state index contributed by atoms with van der Waals surface area (Å²) in [6.45, 7) is 0. The normalized spacial score (nSPS) is 15.1. The number of allylic oxidation sites excluding steroid dienone is 5. The molecule has 12 rings (SSSR count). The maximum absolute atomic E-state index is 6.57. The number of aromatic nitrogens is 1. The molecule has 3 aromatic heterocycles. The minimum Gasteiger partial charge on any atom is -0.456 e. The summed E-state index contributed by atoms with van der Waals surface area (Å²) < 4.78 is 15.2. The summed E-state index contributed by atoms with van der Waals surface area (Å²) in [4.78, 5) is 0. The molecule has 0 fully saturated rings. The van der Waals surface area contributed by atoms with E-state index in [1.54, 1.807) is 0 Å². The van der Waals surface area contributed by atoms with Crippen molar-refractivity contribution in [1.29, 1.82) is 0 Å². The average molecular weight is 668 g/mol. The van der Waals surface area contributed by atoms with Crippen LogP contribution in [-0.2, 0) is 12.8 Å². The van der Waals surface area contributed by atoms with E-state index in [9.17, 15) is 0 Å². The Bertz CT molecular complexity index is 3100. The van der Waals surface area contributed by atoms with Crippen LogP contribution in [0.1, 0.15) is 41.7 Å². The molecule has 3 aliphatic carbocycles. The molecule has 0 aliphatic heterocycles. The van der Waals surface area contributed by atoms with Crippen LogP contribution in [0.3, 0.4) is 0 Å². The number of benzene rings is 6. The zero-order chi connectivity index (χ0) is 33.9. The number of para-hydroxylation sites is 2. The van der Waals surface area contributed by atoms with E-state index < -0.39 is 0 Å². The van der Waals surface area contributed by atoms with Gasteiger partial charge in [0.05, 0.1) is 11.0 Å². The number of furan rings is 2. The SMILES string of the molecule is C1=CC2=C(CC1)c1cccc(-c3ccc4c(c3)c3cc(-c5cccc6c7c(oc56)C=CCC7)ccc3n4-c3ccc4oc5ccccc5c4c3)c1C2. The van der Waals surface area contributed by atoms with Gasteiger partial charge in [-0.3, -0.25) is 0 Å². The standard InChI is InChI=1S/C49H33NO2/c1-2-10-33-29(9-1)25-40-34(13-7-15-36(33)40)30-19-22-44-41(26-30)42-27-31(35-14-8-16-39-37-11-3-6-18-47(37)52-49(35)39)20-23-45(42)50(44)32-21-24-48-43(28-32)38-12-4-5-17-46(38)51-48/h1,4-9,12-24,26-28H,2-3,10-11,25H2. The van der Waals surface area contributed by atoms with Crippen LogP contribution in [0, 0.1) is 0 Å². The summed E-state index contributed by atoms with van der Waals surface area (Å²) in [5.41, 5.74) is 18.4. The minimum absolute atomic E-state index is 0.906. The first-order valence-corrected chi connectivity index (χ1v) is 18.5. The van der Waals surface area contributed by atoms with Crippen LogP contribution >= 0.6 is 0 Å². The first-order chi connectivity index (χ1) is 25.8. The van der Waals surface area contributed by atoms with Crippen molar-refractivity contribution in [2.75, 3.05) is 0 Å². The van der Waals surface area contributed by atoms with Gasteiger partial charge < -0.3 is 13.4 Å². The Balaban J connectivity index is 1.10. The zero-order valence-electron chi connectivity index (χ0n) is 28.6. The lowest BCUT2D eigenvalue weighted by Crippen LogP contribution is -1.94. The average Bonchev–Trinajstić information content (AvgIpc) is 3.96. The molecule has 0 saturated carbocycles. The molecule has 0 unspecified atom stereocenters. The van der Waals surface area contributed by atoms with Crippen molar-refractivity contribution < 1.29 is 8.83 Å². The number of nitrogens with zero attached hydrogens (tertiary/aromatic N) is 1. The van der Waals surface area contributed by atoms with Crippen LogP contribution in [0.4, 0.5) is 0 Å². The maximum Gasteiger partial charge on any atom is 0.142 e. The Morgan fingerprint density at radius 1 is 0.500 bits per heavy atom. The van der Waals surface area contributed by atoms with Gasteiger partial charge in [0.1, 0.15) is 22.5 Å². The van der Waals surface area contributed by atoms with Crippen LogP contribution in [0.5, 0.6) is 0 Å². The Hall–Kier alpha value is -6.32. The molecule has 0 radical (unpaired) electrons. The Morgan fingerprint density at radius 2 is 1.23 bits per heavy atom. The monoisotopic (exact) mass is 667 g/mol. The molecule has 0 bridgehead atoms. The quantitative estimate of drug-likeness (QED) is 0.188. The second-order valence-corrected chi connectivity index (χ2v) is 14.6. The smallest absolute Gasteiger partial charge is 0.142 e. The predicted octanol–water partition coefficient (Wildman–Crippen LogP) is 13.4. The fourth-order valence-corrected chi connectivity index (χ4v) is 9.43. The van der Waals surface area contributed by atoms with Crippen molar-refractivity contribution in [2.45, 2.75) is 32.1 Å². The number of rotatable bonds is 3. The van der Waals surface area contributed by atoms with E-state index in [1.807, 2.05) is 12.1 Å². The number of hydrogen-bond acceptors (Lipinski definition) is 2. The largest absolute Gasteiger partial charge is 0.456 e. The molecule has 0 amide bonds. The van der Waals surface area contributed by atoms with Crippen LogP contribution < -0.4 is 0 Å². The molecule has 0 atom stereocenters. The van der Waals surface area contributed by atoms with Gasteiger partial charge in [0, 0.05) is 43.7 Å². The van der Waals surface area contributed by atoms with Crippen molar-refractivity contribution in [2.24, 2.45) is 0 Å². The Kier molecular flexibility index (Phi) is 5.79. The molecule has 0 N–H and O–H groups in total. The summed E-state index contributed by atoms with van der Waals surface area (Å²) >= 11 is 0. The molecule has 0 saturated heterocycles. The van der Waals surface area contributed by atoms with Gasteiger partial charge in [-0.2, -0.15) is 0 Å². The molecule has 52 heavy (non-hydrogen) atoms. The van der Waals surface area contributed by atoms with Gasteiger partial charge in [-0.05, 0) is 126 Å². The fourth-order valence-electron chi connectivity index (χ4n) is 9.43. The highest BCUT2D eigenvalue weighted by Crippen LogP contribution is 2.45. The molecule has 0 spiro atoms. The van der Waals surface area contributed by atoms with E-state index in [0.29, 0.717) is 0 Å². The van der Waals surface area contributed by atoms with Crippen molar-refractivity contribution in [1.82, 2.24) is 4.57 Å². The van der Waals surface area contributed by atoms with Gasteiger partial charge in [0.25, 0.3) is 0 Å². The molecule has 246 valence electrons. The Labute approximate surface area is 300 Å². The highest BCUT2D eigenvalue weighted by atomic mass is 16.3. The summed E-state index contributed by atoms with van der Waals surface area (Å²) in [6, 6.07) is 42.5. The fraction of sp³-hybridized carbons (Fsp3) is 0.102. The van der Waals surface area contributed by atoms with Crippen molar-refractivity contribution in [3.05, 3.63) is 162 Å². The third-order valence-electron chi connectivity index (χ3n) is 11.8. The van der Waals surface area contributed by atoms with Gasteiger partial charge in [-0.25, -0.2) is 0 Å². The van der Waals surface area contributed by atoms with Crippen LogP contribution in [0.25, 0.3) is 94.3 Å². The Morgan fingerprint density at radius 3 is 2.13 bits per heavy atom. The molecule has 3 heterocycles.